The monoisotopic (exact) mass is 246 g/mol. The second kappa shape index (κ2) is 7.72. The van der Waals surface area contributed by atoms with Crippen LogP contribution in [0.15, 0.2) is 42.3 Å². The first-order valence-electron chi connectivity index (χ1n) is 5.32. The molecule has 0 atom stereocenters. The fraction of sp³-hybridized carbons (Fsp3) is 0.167. The van der Waals surface area contributed by atoms with Gasteiger partial charge in [-0.05, 0) is 17.7 Å². The molecule has 0 unspecified atom stereocenters. The molecule has 0 saturated carbocycles. The van der Waals surface area contributed by atoms with Gasteiger partial charge in [-0.2, -0.15) is 5.10 Å². The van der Waals surface area contributed by atoms with Crippen LogP contribution in [-0.4, -0.2) is 29.6 Å². The largest absolute Gasteiger partial charge is 0.352 e. The Hall–Kier alpha value is -2.50. The lowest BCUT2D eigenvalue weighted by atomic mass is 10.3. The van der Waals surface area contributed by atoms with Crippen molar-refractivity contribution in [2.24, 2.45) is 5.10 Å². The van der Waals surface area contributed by atoms with Gasteiger partial charge in [0.15, 0.2) is 0 Å². The van der Waals surface area contributed by atoms with Gasteiger partial charge in [-0.3, -0.25) is 14.6 Å². The molecule has 1 aromatic heterocycles. The number of amides is 2. The van der Waals surface area contributed by atoms with E-state index in [2.05, 4.69) is 27.4 Å². The second-order valence-electron chi connectivity index (χ2n) is 3.34. The summed E-state index contributed by atoms with van der Waals surface area (Å²) in [6.45, 7) is 3.79. The van der Waals surface area contributed by atoms with Crippen LogP contribution in [0.5, 0.6) is 0 Å². The molecule has 0 aliphatic carbocycles. The van der Waals surface area contributed by atoms with Gasteiger partial charge in [-0.15, -0.1) is 6.58 Å². The van der Waals surface area contributed by atoms with Crippen molar-refractivity contribution in [3.8, 4) is 0 Å². The van der Waals surface area contributed by atoms with E-state index in [-0.39, 0.29) is 12.3 Å². The van der Waals surface area contributed by atoms with E-state index in [0.29, 0.717) is 6.54 Å². The Bertz CT molecular complexity index is 443. The van der Waals surface area contributed by atoms with Crippen LogP contribution in [0, 0.1) is 0 Å². The summed E-state index contributed by atoms with van der Waals surface area (Å²) < 4.78 is 0. The van der Waals surface area contributed by atoms with Gasteiger partial charge in [0.1, 0.15) is 6.42 Å². The standard InChI is InChI=1S/C12H14N4O2/c1-2-5-14-11(17)8-12(18)16-15-9-10-3-6-13-7-4-10/h2-4,6-7,9H,1,5,8H2,(H,14,17)(H,16,18)/b15-9-. The van der Waals surface area contributed by atoms with Crippen molar-refractivity contribution in [3.63, 3.8) is 0 Å². The quantitative estimate of drug-likeness (QED) is 0.326. The number of nitrogens with one attached hydrogen (secondary N) is 2. The van der Waals surface area contributed by atoms with E-state index >= 15 is 0 Å². The molecule has 94 valence electrons. The molecule has 0 aliphatic rings. The van der Waals surface area contributed by atoms with Crippen molar-refractivity contribution < 1.29 is 9.59 Å². The van der Waals surface area contributed by atoms with Crippen molar-refractivity contribution in [2.45, 2.75) is 6.42 Å². The first-order valence-corrected chi connectivity index (χ1v) is 5.32. The molecule has 0 radical (unpaired) electrons. The number of rotatable bonds is 6. The average molecular weight is 246 g/mol. The molecule has 2 amide bonds. The Morgan fingerprint density at radius 2 is 2.06 bits per heavy atom. The van der Waals surface area contributed by atoms with Gasteiger partial charge < -0.3 is 5.32 Å². The molecule has 6 heteroatoms. The smallest absolute Gasteiger partial charge is 0.249 e. The van der Waals surface area contributed by atoms with E-state index in [1.807, 2.05) is 0 Å². The van der Waals surface area contributed by atoms with E-state index in [1.165, 1.54) is 12.3 Å². The molecule has 18 heavy (non-hydrogen) atoms. The molecule has 1 aromatic rings. The Morgan fingerprint density at radius 3 is 2.72 bits per heavy atom. The number of carbonyl (C=O) groups excluding carboxylic acids is 2. The van der Waals surface area contributed by atoms with Gasteiger partial charge in [0.25, 0.3) is 0 Å². The Labute approximate surface area is 105 Å². The highest BCUT2D eigenvalue weighted by Crippen LogP contribution is 1.90. The van der Waals surface area contributed by atoms with E-state index in [9.17, 15) is 9.59 Å². The fourth-order valence-corrected chi connectivity index (χ4v) is 1.06. The molecule has 0 spiro atoms. The van der Waals surface area contributed by atoms with Gasteiger partial charge >= 0.3 is 0 Å². The van der Waals surface area contributed by atoms with Crippen LogP contribution in [0.3, 0.4) is 0 Å². The number of hydrogen-bond donors (Lipinski definition) is 2. The fourth-order valence-electron chi connectivity index (χ4n) is 1.06. The third kappa shape index (κ3) is 5.55. The molecule has 2 N–H and O–H groups in total. The molecule has 0 fully saturated rings. The van der Waals surface area contributed by atoms with Crippen LogP contribution in [0.1, 0.15) is 12.0 Å². The summed E-state index contributed by atoms with van der Waals surface area (Å²) in [6.07, 6.45) is 5.98. The van der Waals surface area contributed by atoms with Crippen molar-refractivity contribution >= 4 is 18.0 Å². The van der Waals surface area contributed by atoms with Crippen LogP contribution in [0.25, 0.3) is 0 Å². The lowest BCUT2D eigenvalue weighted by Gasteiger charge is -2.00. The van der Waals surface area contributed by atoms with Crippen molar-refractivity contribution in [1.29, 1.82) is 0 Å². The predicted octanol–water partition coefficient (Wildman–Crippen LogP) is 0.224. The third-order valence-corrected chi connectivity index (χ3v) is 1.87. The van der Waals surface area contributed by atoms with Crippen LogP contribution in [0.4, 0.5) is 0 Å². The summed E-state index contributed by atoms with van der Waals surface area (Å²) in [4.78, 5) is 26.3. The van der Waals surface area contributed by atoms with Crippen LogP contribution in [-0.2, 0) is 9.59 Å². The van der Waals surface area contributed by atoms with E-state index in [1.54, 1.807) is 24.5 Å². The first-order chi connectivity index (χ1) is 8.72. The second-order valence-corrected chi connectivity index (χ2v) is 3.34. The van der Waals surface area contributed by atoms with E-state index in [0.717, 1.165) is 5.56 Å². The lowest BCUT2D eigenvalue weighted by Crippen LogP contribution is -2.29. The third-order valence-electron chi connectivity index (χ3n) is 1.87. The van der Waals surface area contributed by atoms with Crippen LogP contribution >= 0.6 is 0 Å². The van der Waals surface area contributed by atoms with Gasteiger partial charge in [-0.1, -0.05) is 6.08 Å². The van der Waals surface area contributed by atoms with Crippen molar-refractivity contribution in [1.82, 2.24) is 15.7 Å². The summed E-state index contributed by atoms with van der Waals surface area (Å²) >= 11 is 0. The van der Waals surface area contributed by atoms with E-state index < -0.39 is 5.91 Å². The normalized spacial score (nSPS) is 10.0. The molecular formula is C12H14N4O2. The van der Waals surface area contributed by atoms with Gasteiger partial charge in [0.2, 0.25) is 11.8 Å². The van der Waals surface area contributed by atoms with Gasteiger partial charge in [0, 0.05) is 18.9 Å². The number of aromatic nitrogens is 1. The maximum absolute atomic E-state index is 11.3. The first kappa shape index (κ1) is 13.6. The average Bonchev–Trinajstić information content (AvgIpc) is 2.37. The minimum absolute atomic E-state index is 0.262. The zero-order chi connectivity index (χ0) is 13.2. The highest BCUT2D eigenvalue weighted by Gasteiger charge is 2.06. The number of nitrogens with zero attached hydrogens (tertiary/aromatic N) is 2. The van der Waals surface area contributed by atoms with Gasteiger partial charge in [0.05, 0.1) is 6.21 Å². The summed E-state index contributed by atoms with van der Waals surface area (Å²) in [5, 5.41) is 6.22. The molecule has 0 bridgehead atoms. The van der Waals surface area contributed by atoms with Crippen LogP contribution < -0.4 is 10.7 Å². The minimum Gasteiger partial charge on any atom is -0.352 e. The van der Waals surface area contributed by atoms with E-state index in [4.69, 9.17) is 0 Å². The van der Waals surface area contributed by atoms with Crippen molar-refractivity contribution in [3.05, 3.63) is 42.7 Å². The minimum atomic E-state index is -0.470. The lowest BCUT2D eigenvalue weighted by molar-refractivity contribution is -0.129. The maximum Gasteiger partial charge on any atom is 0.249 e. The molecule has 1 heterocycles. The highest BCUT2D eigenvalue weighted by molar-refractivity contribution is 5.97. The molecule has 0 aliphatic heterocycles. The summed E-state index contributed by atoms with van der Waals surface area (Å²) in [7, 11) is 0. The molecular weight excluding hydrogens is 232 g/mol. The SMILES string of the molecule is C=CCNC(=O)CC(=O)N/N=C\c1ccncc1. The Balaban J connectivity index is 2.31. The predicted molar refractivity (Wildman–Crippen MR) is 67.8 cm³/mol. The number of carbonyl (C=O) groups is 2. The topological polar surface area (TPSA) is 83.5 Å². The van der Waals surface area contributed by atoms with Crippen molar-refractivity contribution in [2.75, 3.05) is 6.54 Å². The van der Waals surface area contributed by atoms with Crippen LogP contribution in [0.2, 0.25) is 0 Å². The number of hydrogen-bond acceptors (Lipinski definition) is 4. The summed E-state index contributed by atoms with van der Waals surface area (Å²) in [5.41, 5.74) is 3.07. The zero-order valence-electron chi connectivity index (χ0n) is 9.80. The summed E-state index contributed by atoms with van der Waals surface area (Å²) in [6, 6.07) is 3.49. The Morgan fingerprint density at radius 1 is 1.33 bits per heavy atom. The molecule has 0 saturated heterocycles. The molecule has 0 aromatic carbocycles. The van der Waals surface area contributed by atoms with Gasteiger partial charge in [-0.25, -0.2) is 5.43 Å². The zero-order valence-corrected chi connectivity index (χ0v) is 9.80. The maximum atomic E-state index is 11.3. The highest BCUT2D eigenvalue weighted by atomic mass is 16.2. The number of hydrazone groups is 1. The summed E-state index contributed by atoms with van der Waals surface area (Å²) in [5.74, 6) is -0.839. The Kier molecular flexibility index (Phi) is 5.82. The number of pyridine rings is 1. The molecule has 6 nitrogen and oxygen atoms in total. The molecule has 1 rings (SSSR count).